The van der Waals surface area contributed by atoms with Crippen LogP contribution in [-0.4, -0.2) is 11.6 Å². The van der Waals surface area contributed by atoms with Gasteiger partial charge in [-0.1, -0.05) is 19.1 Å². The second kappa shape index (κ2) is 6.70. The number of hydrogen-bond donors (Lipinski definition) is 0. The van der Waals surface area contributed by atoms with Gasteiger partial charge in [-0.2, -0.15) is 5.11 Å². The van der Waals surface area contributed by atoms with Gasteiger partial charge in [0.1, 0.15) is 0 Å². The molecular weight excluding hydrogens is 264 g/mol. The molecule has 2 aromatic rings. The fourth-order valence-corrected chi connectivity index (χ4v) is 1.86. The fourth-order valence-electron chi connectivity index (χ4n) is 1.86. The molecule has 0 unspecified atom stereocenters. The molecule has 0 N–H and O–H groups in total. The summed E-state index contributed by atoms with van der Waals surface area (Å²) in [5.74, 6) is 0.0499. The monoisotopic (exact) mass is 280 g/mol. The molecule has 0 bridgehead atoms. The van der Waals surface area contributed by atoms with Crippen LogP contribution in [0.1, 0.15) is 41.0 Å². The highest BCUT2D eigenvalue weighted by molar-refractivity contribution is 6.00. The number of nitrogens with zero attached hydrogens (tertiary/aromatic N) is 2. The number of carbonyl (C=O) groups excluding carboxylic acids is 2. The van der Waals surface area contributed by atoms with Crippen LogP contribution in [-0.2, 0) is 0 Å². The molecule has 0 fully saturated rings. The highest BCUT2D eigenvalue weighted by atomic mass is 16.1. The lowest BCUT2D eigenvalue weighted by molar-refractivity contribution is 0.0986. The Bertz CT molecular complexity index is 688. The summed E-state index contributed by atoms with van der Waals surface area (Å²) in [4.78, 5) is 23.0. The Morgan fingerprint density at radius 1 is 0.952 bits per heavy atom. The van der Waals surface area contributed by atoms with E-state index in [9.17, 15) is 9.59 Å². The van der Waals surface area contributed by atoms with Gasteiger partial charge in [0.25, 0.3) is 0 Å². The van der Waals surface area contributed by atoms with Crippen molar-refractivity contribution in [1.82, 2.24) is 0 Å². The summed E-state index contributed by atoms with van der Waals surface area (Å²) < 4.78 is 0. The Labute approximate surface area is 123 Å². The molecule has 0 aliphatic rings. The topological polar surface area (TPSA) is 58.9 Å². The Morgan fingerprint density at radius 3 is 2.24 bits per heavy atom. The minimum absolute atomic E-state index is 0.0115. The van der Waals surface area contributed by atoms with Gasteiger partial charge < -0.3 is 0 Å². The van der Waals surface area contributed by atoms with Gasteiger partial charge in [0.2, 0.25) is 0 Å². The second-order valence-electron chi connectivity index (χ2n) is 4.60. The van der Waals surface area contributed by atoms with Crippen molar-refractivity contribution in [3.05, 3.63) is 59.7 Å². The summed E-state index contributed by atoms with van der Waals surface area (Å²) in [5.41, 5.74) is 2.40. The maximum atomic E-state index is 11.8. The van der Waals surface area contributed by atoms with Crippen molar-refractivity contribution in [2.45, 2.75) is 20.3 Å². The Hall–Kier alpha value is -2.62. The van der Waals surface area contributed by atoms with Crippen LogP contribution < -0.4 is 0 Å². The molecular formula is C17H16N2O2. The van der Waals surface area contributed by atoms with Gasteiger partial charge in [-0.15, -0.1) is 5.11 Å². The van der Waals surface area contributed by atoms with Gasteiger partial charge in [0.15, 0.2) is 11.6 Å². The predicted octanol–water partition coefficient (Wildman–Crippen LogP) is 4.90. The van der Waals surface area contributed by atoms with Gasteiger partial charge in [0, 0.05) is 17.5 Å². The fraction of sp³-hybridized carbons (Fsp3) is 0.176. The van der Waals surface area contributed by atoms with E-state index in [1.165, 1.54) is 6.92 Å². The lowest BCUT2D eigenvalue weighted by atomic mass is 10.1. The molecule has 0 aliphatic heterocycles. The zero-order valence-corrected chi connectivity index (χ0v) is 12.0. The molecule has 0 saturated heterocycles. The average Bonchev–Trinajstić information content (AvgIpc) is 2.52. The van der Waals surface area contributed by atoms with Crippen LogP contribution in [0.3, 0.4) is 0 Å². The highest BCUT2D eigenvalue weighted by Gasteiger charge is 2.08. The Kier molecular flexibility index (Phi) is 4.72. The van der Waals surface area contributed by atoms with Crippen molar-refractivity contribution in [2.75, 3.05) is 0 Å². The maximum absolute atomic E-state index is 11.8. The van der Waals surface area contributed by atoms with E-state index in [1.54, 1.807) is 36.4 Å². The molecule has 4 nitrogen and oxygen atoms in total. The predicted molar refractivity (Wildman–Crippen MR) is 81.7 cm³/mol. The minimum atomic E-state index is 0.0115. The first-order valence-electron chi connectivity index (χ1n) is 6.76. The first kappa shape index (κ1) is 14.8. The van der Waals surface area contributed by atoms with Crippen molar-refractivity contribution in [2.24, 2.45) is 10.2 Å². The summed E-state index contributed by atoms with van der Waals surface area (Å²) in [6.45, 7) is 3.33. The summed E-state index contributed by atoms with van der Waals surface area (Å²) in [5, 5.41) is 8.25. The molecule has 0 amide bonds. The number of ketones is 2. The van der Waals surface area contributed by atoms with Gasteiger partial charge >= 0.3 is 0 Å². The molecule has 2 aromatic carbocycles. The van der Waals surface area contributed by atoms with Crippen LogP contribution in [0.5, 0.6) is 0 Å². The molecule has 106 valence electrons. The summed E-state index contributed by atoms with van der Waals surface area (Å²) in [6, 6.07) is 14.0. The van der Waals surface area contributed by atoms with E-state index in [0.717, 1.165) is 0 Å². The molecule has 0 spiro atoms. The molecule has 4 heteroatoms. The van der Waals surface area contributed by atoms with E-state index in [2.05, 4.69) is 10.2 Å². The Morgan fingerprint density at radius 2 is 1.62 bits per heavy atom. The van der Waals surface area contributed by atoms with Crippen LogP contribution in [0, 0.1) is 0 Å². The van der Waals surface area contributed by atoms with E-state index >= 15 is 0 Å². The number of benzene rings is 2. The van der Waals surface area contributed by atoms with Gasteiger partial charge in [0.05, 0.1) is 11.4 Å². The van der Waals surface area contributed by atoms with Crippen molar-refractivity contribution in [3.8, 4) is 0 Å². The number of hydrogen-bond acceptors (Lipinski definition) is 4. The lowest BCUT2D eigenvalue weighted by Gasteiger charge is -2.01. The quantitative estimate of drug-likeness (QED) is 0.578. The van der Waals surface area contributed by atoms with Gasteiger partial charge in [-0.25, -0.2) is 0 Å². The van der Waals surface area contributed by atoms with E-state index in [1.807, 2.05) is 19.1 Å². The Balaban J connectivity index is 2.25. The van der Waals surface area contributed by atoms with Crippen molar-refractivity contribution < 1.29 is 9.59 Å². The third-order valence-corrected chi connectivity index (χ3v) is 3.07. The van der Waals surface area contributed by atoms with Crippen LogP contribution in [0.2, 0.25) is 0 Å². The van der Waals surface area contributed by atoms with Crippen molar-refractivity contribution in [1.29, 1.82) is 0 Å². The van der Waals surface area contributed by atoms with Crippen LogP contribution in [0.25, 0.3) is 0 Å². The zero-order valence-electron chi connectivity index (χ0n) is 12.0. The number of carbonyl (C=O) groups is 2. The first-order valence-corrected chi connectivity index (χ1v) is 6.76. The van der Waals surface area contributed by atoms with E-state index < -0.39 is 0 Å². The average molecular weight is 280 g/mol. The number of azo groups is 1. The molecule has 0 aromatic heterocycles. The van der Waals surface area contributed by atoms with Crippen LogP contribution in [0.15, 0.2) is 58.8 Å². The maximum Gasteiger partial charge on any atom is 0.164 e. The zero-order chi connectivity index (χ0) is 15.2. The smallest absolute Gasteiger partial charge is 0.164 e. The molecule has 0 saturated carbocycles. The standard InChI is InChI=1S/C17H16N2O2/c1-3-17(21)15-6-4-5-7-16(15)19-18-14-10-8-13(9-11-14)12(2)20/h4-11H,3H2,1-2H3. The molecule has 0 aliphatic carbocycles. The van der Waals surface area contributed by atoms with E-state index in [0.29, 0.717) is 28.9 Å². The molecule has 0 atom stereocenters. The van der Waals surface area contributed by atoms with E-state index in [4.69, 9.17) is 0 Å². The largest absolute Gasteiger partial charge is 0.295 e. The third-order valence-electron chi connectivity index (χ3n) is 3.07. The number of Topliss-reactive ketones (excluding diaryl/α,β-unsaturated/α-hetero) is 2. The highest BCUT2D eigenvalue weighted by Crippen LogP contribution is 2.23. The number of rotatable bonds is 5. The molecule has 2 rings (SSSR count). The normalized spacial score (nSPS) is 10.8. The second-order valence-corrected chi connectivity index (χ2v) is 4.60. The molecule has 0 radical (unpaired) electrons. The van der Waals surface area contributed by atoms with Crippen LogP contribution in [0.4, 0.5) is 11.4 Å². The van der Waals surface area contributed by atoms with Gasteiger partial charge in [-0.3, -0.25) is 9.59 Å². The minimum Gasteiger partial charge on any atom is -0.295 e. The van der Waals surface area contributed by atoms with E-state index in [-0.39, 0.29) is 11.6 Å². The first-order chi connectivity index (χ1) is 10.1. The van der Waals surface area contributed by atoms with Crippen molar-refractivity contribution in [3.63, 3.8) is 0 Å². The van der Waals surface area contributed by atoms with Crippen LogP contribution >= 0.6 is 0 Å². The third kappa shape index (κ3) is 3.69. The molecule has 0 heterocycles. The summed E-state index contributed by atoms with van der Waals surface area (Å²) in [6.07, 6.45) is 0.430. The summed E-state index contributed by atoms with van der Waals surface area (Å²) >= 11 is 0. The SMILES string of the molecule is CCC(=O)c1ccccc1N=Nc1ccc(C(C)=O)cc1. The summed E-state index contributed by atoms with van der Waals surface area (Å²) in [7, 11) is 0. The van der Waals surface area contributed by atoms with Gasteiger partial charge in [-0.05, 0) is 43.3 Å². The van der Waals surface area contributed by atoms with Crippen molar-refractivity contribution >= 4 is 22.9 Å². The molecule has 21 heavy (non-hydrogen) atoms. The lowest BCUT2D eigenvalue weighted by Crippen LogP contribution is -1.95.